The van der Waals surface area contributed by atoms with E-state index in [9.17, 15) is 4.39 Å². The van der Waals surface area contributed by atoms with Crippen molar-refractivity contribution in [3.63, 3.8) is 0 Å². The van der Waals surface area contributed by atoms with Crippen LogP contribution in [0.25, 0.3) is 10.8 Å². The first kappa shape index (κ1) is 7.03. The molecule has 12 heavy (non-hydrogen) atoms. The Labute approximate surface area is 68.8 Å². The van der Waals surface area contributed by atoms with Gasteiger partial charge in [0.25, 0.3) is 0 Å². The molecule has 0 aliphatic rings. The fourth-order valence-corrected chi connectivity index (χ4v) is 1.16. The van der Waals surface area contributed by atoms with Crippen LogP contribution in [-0.2, 0) is 0 Å². The summed E-state index contributed by atoms with van der Waals surface area (Å²) in [5.74, 6) is -0.277. The molecule has 0 unspecified atom stereocenters. The van der Waals surface area contributed by atoms with E-state index in [1.54, 1.807) is 12.3 Å². The summed E-state index contributed by atoms with van der Waals surface area (Å²) in [5.41, 5.74) is 6.10. The number of benzene rings is 1. The number of fused-ring (bicyclic) bond motifs is 1. The highest BCUT2D eigenvalue weighted by Gasteiger charge is 1.98. The standard InChI is InChI=1S/C9H7FN2/c10-7-2-1-6-4-12-5-9(11)8(6)3-7/h1-5H,11H2. The molecule has 0 amide bonds. The molecule has 0 bridgehead atoms. The molecule has 60 valence electrons. The van der Waals surface area contributed by atoms with E-state index in [0.29, 0.717) is 11.1 Å². The number of nitrogen functional groups attached to an aromatic ring is 1. The summed E-state index contributed by atoms with van der Waals surface area (Å²) in [4.78, 5) is 3.89. The van der Waals surface area contributed by atoms with Crippen molar-refractivity contribution in [1.82, 2.24) is 4.98 Å². The molecule has 1 aromatic carbocycles. The lowest BCUT2D eigenvalue weighted by molar-refractivity contribution is 0.630. The van der Waals surface area contributed by atoms with E-state index in [1.165, 1.54) is 18.3 Å². The van der Waals surface area contributed by atoms with Gasteiger partial charge in [0.15, 0.2) is 0 Å². The van der Waals surface area contributed by atoms with Crippen LogP contribution in [0.5, 0.6) is 0 Å². The molecule has 0 radical (unpaired) electrons. The van der Waals surface area contributed by atoms with Gasteiger partial charge in [0.05, 0.1) is 11.9 Å². The highest BCUT2D eigenvalue weighted by atomic mass is 19.1. The Kier molecular flexibility index (Phi) is 1.43. The van der Waals surface area contributed by atoms with Crippen molar-refractivity contribution in [2.24, 2.45) is 0 Å². The molecular formula is C9H7FN2. The zero-order valence-corrected chi connectivity index (χ0v) is 6.29. The minimum Gasteiger partial charge on any atom is -0.397 e. The Morgan fingerprint density at radius 2 is 2.08 bits per heavy atom. The minimum absolute atomic E-state index is 0.277. The number of anilines is 1. The number of aromatic nitrogens is 1. The third-order valence-electron chi connectivity index (χ3n) is 1.75. The fourth-order valence-electron chi connectivity index (χ4n) is 1.16. The lowest BCUT2D eigenvalue weighted by atomic mass is 10.1. The van der Waals surface area contributed by atoms with E-state index >= 15 is 0 Å². The van der Waals surface area contributed by atoms with Gasteiger partial charge in [0.1, 0.15) is 5.82 Å². The molecule has 1 heterocycles. The van der Waals surface area contributed by atoms with Gasteiger partial charge >= 0.3 is 0 Å². The first-order valence-electron chi connectivity index (χ1n) is 3.56. The van der Waals surface area contributed by atoms with E-state index in [4.69, 9.17) is 5.73 Å². The van der Waals surface area contributed by atoms with Crippen LogP contribution in [0.15, 0.2) is 30.6 Å². The zero-order chi connectivity index (χ0) is 8.55. The number of hydrogen-bond acceptors (Lipinski definition) is 2. The van der Waals surface area contributed by atoms with E-state index in [1.807, 2.05) is 0 Å². The van der Waals surface area contributed by atoms with Gasteiger partial charge in [-0.15, -0.1) is 0 Å². The van der Waals surface area contributed by atoms with Crippen LogP contribution >= 0.6 is 0 Å². The second-order valence-electron chi connectivity index (χ2n) is 2.59. The van der Waals surface area contributed by atoms with Crippen molar-refractivity contribution in [3.05, 3.63) is 36.4 Å². The van der Waals surface area contributed by atoms with E-state index < -0.39 is 0 Å². The van der Waals surface area contributed by atoms with Crippen molar-refractivity contribution < 1.29 is 4.39 Å². The van der Waals surface area contributed by atoms with Crippen molar-refractivity contribution in [2.75, 3.05) is 5.73 Å². The van der Waals surface area contributed by atoms with Gasteiger partial charge in [-0.3, -0.25) is 4.98 Å². The van der Waals surface area contributed by atoms with Crippen molar-refractivity contribution in [1.29, 1.82) is 0 Å². The maximum Gasteiger partial charge on any atom is 0.123 e. The Hall–Kier alpha value is -1.64. The van der Waals surface area contributed by atoms with Crippen LogP contribution in [0.2, 0.25) is 0 Å². The predicted molar refractivity (Wildman–Crippen MR) is 46.1 cm³/mol. The lowest BCUT2D eigenvalue weighted by Gasteiger charge is -1.99. The van der Waals surface area contributed by atoms with Crippen LogP contribution in [0.1, 0.15) is 0 Å². The number of halogens is 1. The molecular weight excluding hydrogens is 155 g/mol. The number of rotatable bonds is 0. The molecule has 2 rings (SSSR count). The van der Waals surface area contributed by atoms with Gasteiger partial charge in [-0.2, -0.15) is 0 Å². The molecule has 0 atom stereocenters. The zero-order valence-electron chi connectivity index (χ0n) is 6.29. The first-order chi connectivity index (χ1) is 5.77. The maximum atomic E-state index is 12.7. The van der Waals surface area contributed by atoms with Gasteiger partial charge < -0.3 is 5.73 Å². The van der Waals surface area contributed by atoms with Crippen LogP contribution in [0, 0.1) is 5.82 Å². The Morgan fingerprint density at radius 1 is 1.25 bits per heavy atom. The Morgan fingerprint density at radius 3 is 2.92 bits per heavy atom. The van der Waals surface area contributed by atoms with Gasteiger partial charge in [0.2, 0.25) is 0 Å². The van der Waals surface area contributed by atoms with Crippen molar-refractivity contribution >= 4 is 16.5 Å². The second-order valence-corrected chi connectivity index (χ2v) is 2.59. The van der Waals surface area contributed by atoms with E-state index in [0.717, 1.165) is 5.39 Å². The summed E-state index contributed by atoms with van der Waals surface area (Å²) in [6, 6.07) is 4.46. The number of nitrogens with two attached hydrogens (primary N) is 1. The summed E-state index contributed by atoms with van der Waals surface area (Å²) in [7, 11) is 0. The molecule has 0 aliphatic carbocycles. The average Bonchev–Trinajstić information content (AvgIpc) is 2.07. The molecule has 1 aromatic heterocycles. The maximum absolute atomic E-state index is 12.7. The Balaban J connectivity index is 2.88. The number of pyridine rings is 1. The molecule has 0 spiro atoms. The molecule has 0 fully saturated rings. The van der Waals surface area contributed by atoms with Crippen molar-refractivity contribution in [2.45, 2.75) is 0 Å². The quantitative estimate of drug-likeness (QED) is 0.643. The SMILES string of the molecule is Nc1cncc2ccc(F)cc12. The highest BCUT2D eigenvalue weighted by Crippen LogP contribution is 2.19. The normalized spacial score (nSPS) is 10.4. The number of nitrogens with zero attached hydrogens (tertiary/aromatic N) is 1. The Bertz CT molecular complexity index is 426. The monoisotopic (exact) mass is 162 g/mol. The molecule has 0 aliphatic heterocycles. The summed E-state index contributed by atoms with van der Waals surface area (Å²) in [5, 5.41) is 1.57. The largest absolute Gasteiger partial charge is 0.397 e. The van der Waals surface area contributed by atoms with Crippen LogP contribution in [0.4, 0.5) is 10.1 Å². The average molecular weight is 162 g/mol. The molecule has 0 saturated carbocycles. The van der Waals surface area contributed by atoms with Gasteiger partial charge in [-0.05, 0) is 18.2 Å². The highest BCUT2D eigenvalue weighted by molar-refractivity contribution is 5.91. The summed E-state index contributed by atoms with van der Waals surface area (Å²) >= 11 is 0. The first-order valence-corrected chi connectivity index (χ1v) is 3.56. The molecule has 2 aromatic rings. The molecule has 2 N–H and O–H groups in total. The van der Waals surface area contributed by atoms with Crippen molar-refractivity contribution in [3.8, 4) is 0 Å². The predicted octanol–water partition coefficient (Wildman–Crippen LogP) is 1.96. The van der Waals surface area contributed by atoms with E-state index in [-0.39, 0.29) is 5.82 Å². The molecule has 2 nitrogen and oxygen atoms in total. The van der Waals surface area contributed by atoms with E-state index in [2.05, 4.69) is 4.98 Å². The topological polar surface area (TPSA) is 38.9 Å². The van der Waals surface area contributed by atoms with Crippen LogP contribution < -0.4 is 5.73 Å². The van der Waals surface area contributed by atoms with Gasteiger partial charge in [-0.1, -0.05) is 0 Å². The molecule has 0 saturated heterocycles. The smallest absolute Gasteiger partial charge is 0.123 e. The van der Waals surface area contributed by atoms with Crippen LogP contribution in [0.3, 0.4) is 0 Å². The second kappa shape index (κ2) is 2.44. The lowest BCUT2D eigenvalue weighted by Crippen LogP contribution is -1.88. The van der Waals surface area contributed by atoms with Crippen LogP contribution in [-0.4, -0.2) is 4.98 Å². The third-order valence-corrected chi connectivity index (χ3v) is 1.75. The summed E-state index contributed by atoms with van der Waals surface area (Å²) < 4.78 is 12.7. The number of hydrogen-bond donors (Lipinski definition) is 1. The summed E-state index contributed by atoms with van der Waals surface area (Å²) in [6.07, 6.45) is 3.17. The fraction of sp³-hybridized carbons (Fsp3) is 0. The minimum atomic E-state index is -0.277. The van der Waals surface area contributed by atoms with Gasteiger partial charge in [0, 0.05) is 17.0 Å². The molecule has 3 heteroatoms. The van der Waals surface area contributed by atoms with Gasteiger partial charge in [-0.25, -0.2) is 4.39 Å². The summed E-state index contributed by atoms with van der Waals surface area (Å²) in [6.45, 7) is 0. The third kappa shape index (κ3) is 0.993.